The minimum absolute atomic E-state index is 0.0790. The van der Waals surface area contributed by atoms with Crippen LogP contribution in [0.2, 0.25) is 0 Å². The molecule has 0 bridgehead atoms. The topological polar surface area (TPSA) is 85.3 Å². The summed E-state index contributed by atoms with van der Waals surface area (Å²) in [5.41, 5.74) is 0.418. The smallest absolute Gasteiger partial charge is 0.276 e. The van der Waals surface area contributed by atoms with E-state index in [0.29, 0.717) is 36.3 Å². The van der Waals surface area contributed by atoms with Gasteiger partial charge in [-0.2, -0.15) is 4.98 Å². The highest BCUT2D eigenvalue weighted by Gasteiger charge is 2.31. The number of rotatable bonds is 4. The lowest BCUT2D eigenvalue weighted by molar-refractivity contribution is 0.0695. The Balaban J connectivity index is 1.75. The molecule has 0 radical (unpaired) electrons. The predicted octanol–water partition coefficient (Wildman–Crippen LogP) is 3.32. The van der Waals surface area contributed by atoms with Crippen molar-refractivity contribution in [2.24, 2.45) is 0 Å². The van der Waals surface area contributed by atoms with Crippen LogP contribution in [0, 0.1) is 0 Å². The van der Waals surface area contributed by atoms with Crippen molar-refractivity contribution >= 4 is 5.91 Å². The average molecular weight is 332 g/mol. The van der Waals surface area contributed by atoms with Crippen LogP contribution in [0.4, 0.5) is 0 Å². The Hall–Kier alpha value is -2.18. The Labute approximate surface area is 141 Å². The molecule has 0 saturated carbocycles. The molecule has 0 aromatic carbocycles. The predicted molar refractivity (Wildman–Crippen MR) is 86.9 cm³/mol. The molecule has 3 heterocycles. The van der Waals surface area contributed by atoms with Gasteiger partial charge in [0.25, 0.3) is 5.91 Å². The normalized spacial score (nSPS) is 18.6. The fourth-order valence-electron chi connectivity index (χ4n) is 3.00. The van der Waals surface area contributed by atoms with Crippen molar-refractivity contribution in [3.63, 3.8) is 0 Å². The molecule has 7 nitrogen and oxygen atoms in total. The minimum Gasteiger partial charge on any atom is -0.447 e. The van der Waals surface area contributed by atoms with Gasteiger partial charge in [-0.1, -0.05) is 32.9 Å². The van der Waals surface area contributed by atoms with E-state index in [0.717, 1.165) is 12.8 Å². The standard InChI is InChI=1S/C17H24N4O3/c1-10(2)14-13(18-9-23-14)17(22)21-7-5-6-12(8-21)15-19-16(11(3)4)24-20-15/h9-12H,5-8H2,1-4H3/t12-/m1/s1. The van der Waals surface area contributed by atoms with E-state index < -0.39 is 0 Å². The van der Waals surface area contributed by atoms with Gasteiger partial charge in [0.05, 0.1) is 0 Å². The molecule has 0 unspecified atom stereocenters. The maximum absolute atomic E-state index is 12.8. The number of hydrogen-bond donors (Lipinski definition) is 0. The second-order valence-electron chi connectivity index (χ2n) is 6.96. The summed E-state index contributed by atoms with van der Waals surface area (Å²) in [4.78, 5) is 23.3. The van der Waals surface area contributed by atoms with Crippen molar-refractivity contribution in [3.05, 3.63) is 29.6 Å². The largest absolute Gasteiger partial charge is 0.447 e. The molecule has 7 heteroatoms. The third-order valence-corrected chi connectivity index (χ3v) is 4.35. The second kappa shape index (κ2) is 6.75. The van der Waals surface area contributed by atoms with Crippen molar-refractivity contribution in [3.8, 4) is 0 Å². The van der Waals surface area contributed by atoms with E-state index in [1.165, 1.54) is 6.39 Å². The molecule has 1 aliphatic heterocycles. The van der Waals surface area contributed by atoms with E-state index in [4.69, 9.17) is 8.94 Å². The lowest BCUT2D eigenvalue weighted by Gasteiger charge is -2.31. The molecular weight excluding hydrogens is 308 g/mol. The Kier molecular flexibility index (Phi) is 4.69. The Morgan fingerprint density at radius 3 is 2.75 bits per heavy atom. The van der Waals surface area contributed by atoms with E-state index in [9.17, 15) is 4.79 Å². The van der Waals surface area contributed by atoms with Crippen LogP contribution in [-0.4, -0.2) is 39.0 Å². The fourth-order valence-corrected chi connectivity index (χ4v) is 3.00. The molecule has 1 aliphatic rings. The molecule has 24 heavy (non-hydrogen) atoms. The lowest BCUT2D eigenvalue weighted by Crippen LogP contribution is -2.40. The van der Waals surface area contributed by atoms with E-state index in [2.05, 4.69) is 15.1 Å². The zero-order valence-corrected chi connectivity index (χ0v) is 14.7. The van der Waals surface area contributed by atoms with Gasteiger partial charge in [0.1, 0.15) is 5.76 Å². The number of likely N-dealkylation sites (tertiary alicyclic amines) is 1. The molecule has 130 valence electrons. The summed E-state index contributed by atoms with van der Waals surface area (Å²) in [5, 5.41) is 4.11. The summed E-state index contributed by atoms with van der Waals surface area (Å²) in [6.45, 7) is 9.32. The van der Waals surface area contributed by atoms with Crippen LogP contribution < -0.4 is 0 Å². The van der Waals surface area contributed by atoms with Crippen LogP contribution in [0.15, 0.2) is 15.3 Å². The SMILES string of the molecule is CC(C)c1nc([C@@H]2CCCN(C(=O)c3ncoc3C(C)C)C2)no1. The van der Waals surface area contributed by atoms with Crippen molar-refractivity contribution in [1.29, 1.82) is 0 Å². The van der Waals surface area contributed by atoms with Crippen LogP contribution in [-0.2, 0) is 0 Å². The molecule has 3 rings (SSSR count). The van der Waals surface area contributed by atoms with E-state index >= 15 is 0 Å². The van der Waals surface area contributed by atoms with E-state index in [-0.39, 0.29) is 23.7 Å². The van der Waals surface area contributed by atoms with Gasteiger partial charge in [0.15, 0.2) is 17.9 Å². The van der Waals surface area contributed by atoms with Gasteiger partial charge < -0.3 is 13.8 Å². The number of carbonyl (C=O) groups is 1. The van der Waals surface area contributed by atoms with Crippen LogP contribution >= 0.6 is 0 Å². The first kappa shape index (κ1) is 16.7. The van der Waals surface area contributed by atoms with Crippen LogP contribution in [0.5, 0.6) is 0 Å². The number of nitrogens with zero attached hydrogens (tertiary/aromatic N) is 4. The summed E-state index contributed by atoms with van der Waals surface area (Å²) < 4.78 is 10.7. The van der Waals surface area contributed by atoms with Crippen molar-refractivity contribution < 1.29 is 13.7 Å². The maximum Gasteiger partial charge on any atom is 0.276 e. The van der Waals surface area contributed by atoms with Gasteiger partial charge in [-0.25, -0.2) is 4.98 Å². The first-order valence-electron chi connectivity index (χ1n) is 8.53. The Morgan fingerprint density at radius 1 is 1.29 bits per heavy atom. The monoisotopic (exact) mass is 332 g/mol. The number of aromatic nitrogens is 3. The molecule has 0 spiro atoms. The summed E-state index contributed by atoms with van der Waals surface area (Å²) in [6, 6.07) is 0. The third-order valence-electron chi connectivity index (χ3n) is 4.35. The highest BCUT2D eigenvalue weighted by Crippen LogP contribution is 2.28. The van der Waals surface area contributed by atoms with Crippen molar-refractivity contribution in [2.75, 3.05) is 13.1 Å². The molecule has 1 saturated heterocycles. The average Bonchev–Trinajstić information content (AvgIpc) is 3.23. The lowest BCUT2D eigenvalue weighted by atomic mass is 9.96. The summed E-state index contributed by atoms with van der Waals surface area (Å²) in [6.07, 6.45) is 3.21. The Morgan fingerprint density at radius 2 is 2.08 bits per heavy atom. The van der Waals surface area contributed by atoms with Crippen LogP contribution in [0.25, 0.3) is 0 Å². The van der Waals surface area contributed by atoms with Gasteiger partial charge in [-0.15, -0.1) is 0 Å². The first-order chi connectivity index (χ1) is 11.5. The molecule has 2 aromatic heterocycles. The number of hydrogen-bond acceptors (Lipinski definition) is 6. The zero-order valence-electron chi connectivity index (χ0n) is 14.7. The molecular formula is C17H24N4O3. The fraction of sp³-hybridized carbons (Fsp3) is 0.647. The van der Waals surface area contributed by atoms with Crippen LogP contribution in [0.1, 0.15) is 86.3 Å². The third kappa shape index (κ3) is 3.20. The highest BCUT2D eigenvalue weighted by atomic mass is 16.5. The van der Waals surface area contributed by atoms with Crippen molar-refractivity contribution in [1.82, 2.24) is 20.0 Å². The summed E-state index contributed by atoms with van der Waals surface area (Å²) in [7, 11) is 0. The number of carbonyl (C=O) groups excluding carboxylic acids is 1. The van der Waals surface area contributed by atoms with E-state index in [1.54, 1.807) is 0 Å². The zero-order chi connectivity index (χ0) is 17.3. The highest BCUT2D eigenvalue weighted by molar-refractivity contribution is 5.93. The second-order valence-corrected chi connectivity index (χ2v) is 6.96. The van der Waals surface area contributed by atoms with E-state index in [1.807, 2.05) is 32.6 Å². The molecule has 2 aromatic rings. The summed E-state index contributed by atoms with van der Waals surface area (Å²) >= 11 is 0. The number of oxazole rings is 1. The van der Waals surface area contributed by atoms with Gasteiger partial charge in [-0.05, 0) is 12.8 Å². The molecule has 1 amide bonds. The van der Waals surface area contributed by atoms with Crippen molar-refractivity contribution in [2.45, 2.75) is 58.3 Å². The van der Waals surface area contributed by atoms with Gasteiger partial charge >= 0.3 is 0 Å². The molecule has 0 aliphatic carbocycles. The minimum atomic E-state index is -0.0790. The Bertz CT molecular complexity index is 704. The van der Waals surface area contributed by atoms with Crippen LogP contribution in [0.3, 0.4) is 0 Å². The first-order valence-corrected chi connectivity index (χ1v) is 8.53. The number of piperidine rings is 1. The molecule has 1 atom stereocenters. The molecule has 1 fully saturated rings. The van der Waals surface area contributed by atoms with Gasteiger partial charge in [0.2, 0.25) is 5.89 Å². The summed E-state index contributed by atoms with van der Waals surface area (Å²) in [5.74, 6) is 2.34. The molecule has 0 N–H and O–H groups in total. The van der Waals surface area contributed by atoms with Gasteiger partial charge in [-0.3, -0.25) is 4.79 Å². The van der Waals surface area contributed by atoms with Gasteiger partial charge in [0, 0.05) is 30.8 Å². The maximum atomic E-state index is 12.8. The quantitative estimate of drug-likeness (QED) is 0.853. The number of amides is 1.